The second-order valence-electron chi connectivity index (χ2n) is 2.98. The second kappa shape index (κ2) is 4.26. The van der Waals surface area contributed by atoms with Crippen molar-refractivity contribution < 1.29 is 14.3 Å². The van der Waals surface area contributed by atoms with Crippen LogP contribution in [0.1, 0.15) is 26.2 Å². The molecule has 1 unspecified atom stereocenters. The van der Waals surface area contributed by atoms with Crippen LogP contribution in [0.4, 0.5) is 0 Å². The number of hydrogen-bond donors (Lipinski definition) is 0. The van der Waals surface area contributed by atoms with Gasteiger partial charge in [-0.2, -0.15) is 0 Å². The molecule has 0 bridgehead atoms. The van der Waals surface area contributed by atoms with Gasteiger partial charge in [-0.15, -0.1) is 0 Å². The van der Waals surface area contributed by atoms with Crippen molar-refractivity contribution in [2.45, 2.75) is 32.5 Å². The molecule has 0 saturated carbocycles. The highest BCUT2D eigenvalue weighted by atomic mass is 16.7. The fraction of sp³-hybridized carbons (Fsp3) is 0.667. The van der Waals surface area contributed by atoms with Crippen LogP contribution in [0.15, 0.2) is 12.2 Å². The molecule has 3 heteroatoms. The number of esters is 1. The Morgan fingerprint density at radius 2 is 2.33 bits per heavy atom. The van der Waals surface area contributed by atoms with Crippen molar-refractivity contribution in [2.24, 2.45) is 0 Å². The highest BCUT2D eigenvalue weighted by molar-refractivity contribution is 5.86. The number of rotatable bonds is 2. The lowest BCUT2D eigenvalue weighted by Crippen LogP contribution is -2.25. The van der Waals surface area contributed by atoms with Gasteiger partial charge in [-0.3, -0.25) is 0 Å². The first kappa shape index (κ1) is 9.26. The molecule has 1 aliphatic rings. The smallest absolute Gasteiger partial charge is 0.335 e. The van der Waals surface area contributed by atoms with Gasteiger partial charge in [0.15, 0.2) is 0 Å². The lowest BCUT2D eigenvalue weighted by Gasteiger charge is -2.22. The minimum Gasteiger partial charge on any atom is -0.432 e. The molecular weight excluding hydrogens is 156 g/mol. The van der Waals surface area contributed by atoms with Crippen molar-refractivity contribution in [2.75, 3.05) is 6.61 Å². The third-order valence-corrected chi connectivity index (χ3v) is 1.72. The Hall–Kier alpha value is -0.830. The monoisotopic (exact) mass is 170 g/mol. The number of carbonyl (C=O) groups is 1. The minimum absolute atomic E-state index is 0.344. The van der Waals surface area contributed by atoms with Gasteiger partial charge >= 0.3 is 5.97 Å². The van der Waals surface area contributed by atoms with E-state index in [1.54, 1.807) is 6.92 Å². The van der Waals surface area contributed by atoms with E-state index in [0.717, 1.165) is 19.3 Å². The molecule has 1 atom stereocenters. The van der Waals surface area contributed by atoms with Crippen molar-refractivity contribution in [3.63, 3.8) is 0 Å². The zero-order valence-electron chi connectivity index (χ0n) is 7.34. The van der Waals surface area contributed by atoms with Gasteiger partial charge in [0, 0.05) is 12.0 Å². The summed E-state index contributed by atoms with van der Waals surface area (Å²) in [5.74, 6) is -0.359. The summed E-state index contributed by atoms with van der Waals surface area (Å²) in [7, 11) is 0. The second-order valence-corrected chi connectivity index (χ2v) is 2.98. The van der Waals surface area contributed by atoms with Crippen LogP contribution < -0.4 is 0 Å². The molecule has 0 aromatic rings. The Morgan fingerprint density at radius 1 is 1.58 bits per heavy atom. The van der Waals surface area contributed by atoms with Crippen molar-refractivity contribution in [1.29, 1.82) is 0 Å². The first-order chi connectivity index (χ1) is 5.70. The summed E-state index contributed by atoms with van der Waals surface area (Å²) < 4.78 is 10.2. The van der Waals surface area contributed by atoms with Gasteiger partial charge in [0.05, 0.1) is 6.61 Å². The molecule has 3 nitrogen and oxygen atoms in total. The van der Waals surface area contributed by atoms with Crippen LogP contribution in [-0.2, 0) is 14.3 Å². The third kappa shape index (κ3) is 2.66. The van der Waals surface area contributed by atoms with Crippen LogP contribution in [-0.4, -0.2) is 18.9 Å². The first-order valence-electron chi connectivity index (χ1n) is 4.18. The number of hydrogen-bond acceptors (Lipinski definition) is 3. The number of carbonyl (C=O) groups excluding carboxylic acids is 1. The van der Waals surface area contributed by atoms with E-state index in [0.29, 0.717) is 12.2 Å². The topological polar surface area (TPSA) is 35.5 Å². The maximum absolute atomic E-state index is 11.0. The average Bonchev–Trinajstić information content (AvgIpc) is 2.06. The van der Waals surface area contributed by atoms with Crippen molar-refractivity contribution in [3.8, 4) is 0 Å². The van der Waals surface area contributed by atoms with Gasteiger partial charge in [0.1, 0.15) is 0 Å². The molecule has 1 fully saturated rings. The SMILES string of the molecule is C=C(C)C(=O)OC1CCCCO1. The normalized spacial score (nSPS) is 23.2. The standard InChI is InChI=1S/C9H14O3/c1-7(2)9(10)12-8-5-3-4-6-11-8/h8H,1,3-6H2,2H3. The molecule has 1 saturated heterocycles. The highest BCUT2D eigenvalue weighted by Gasteiger charge is 2.17. The predicted octanol–water partition coefficient (Wildman–Crippen LogP) is 1.63. The lowest BCUT2D eigenvalue weighted by molar-refractivity contribution is -0.182. The van der Waals surface area contributed by atoms with E-state index < -0.39 is 0 Å². The predicted molar refractivity (Wildman–Crippen MR) is 44.5 cm³/mol. The Kier molecular flexibility index (Phi) is 3.29. The quantitative estimate of drug-likeness (QED) is 0.466. The lowest BCUT2D eigenvalue weighted by atomic mass is 10.2. The van der Waals surface area contributed by atoms with Crippen LogP contribution in [0, 0.1) is 0 Å². The van der Waals surface area contributed by atoms with Crippen LogP contribution in [0.25, 0.3) is 0 Å². The van der Waals surface area contributed by atoms with E-state index in [4.69, 9.17) is 9.47 Å². The summed E-state index contributed by atoms with van der Waals surface area (Å²) >= 11 is 0. The summed E-state index contributed by atoms with van der Waals surface area (Å²) in [5.41, 5.74) is 0.421. The van der Waals surface area contributed by atoms with Gasteiger partial charge in [-0.25, -0.2) is 4.79 Å². The van der Waals surface area contributed by atoms with E-state index in [1.807, 2.05) is 0 Å². The van der Waals surface area contributed by atoms with Crippen molar-refractivity contribution in [1.82, 2.24) is 0 Å². The fourth-order valence-electron chi connectivity index (χ4n) is 1.02. The molecule has 12 heavy (non-hydrogen) atoms. The van der Waals surface area contributed by atoms with E-state index >= 15 is 0 Å². The van der Waals surface area contributed by atoms with E-state index in [-0.39, 0.29) is 12.3 Å². The molecule has 68 valence electrons. The van der Waals surface area contributed by atoms with E-state index in [2.05, 4.69) is 6.58 Å². The molecule has 0 amide bonds. The summed E-state index contributed by atoms with van der Waals surface area (Å²) in [6.45, 7) is 5.81. The van der Waals surface area contributed by atoms with Gasteiger partial charge in [-0.05, 0) is 19.8 Å². The summed E-state index contributed by atoms with van der Waals surface area (Å²) in [6, 6.07) is 0. The molecule has 1 rings (SSSR count). The third-order valence-electron chi connectivity index (χ3n) is 1.72. The van der Waals surface area contributed by atoms with Crippen LogP contribution in [0.5, 0.6) is 0 Å². The van der Waals surface area contributed by atoms with Gasteiger partial charge in [-0.1, -0.05) is 6.58 Å². The highest BCUT2D eigenvalue weighted by Crippen LogP contribution is 2.14. The molecule has 0 spiro atoms. The molecule has 0 aliphatic carbocycles. The van der Waals surface area contributed by atoms with Crippen molar-refractivity contribution >= 4 is 5.97 Å². The maximum atomic E-state index is 11.0. The molecule has 1 heterocycles. The zero-order valence-corrected chi connectivity index (χ0v) is 7.34. The Balaban J connectivity index is 2.29. The molecule has 0 aromatic carbocycles. The molecule has 0 N–H and O–H groups in total. The van der Waals surface area contributed by atoms with Gasteiger partial charge in [0.25, 0.3) is 0 Å². The maximum Gasteiger partial charge on any atom is 0.335 e. The number of ether oxygens (including phenoxy) is 2. The Labute approximate surface area is 72.4 Å². The van der Waals surface area contributed by atoms with E-state index in [9.17, 15) is 4.79 Å². The van der Waals surface area contributed by atoms with Crippen molar-refractivity contribution in [3.05, 3.63) is 12.2 Å². The van der Waals surface area contributed by atoms with Crippen LogP contribution in [0.3, 0.4) is 0 Å². The van der Waals surface area contributed by atoms with E-state index in [1.165, 1.54) is 0 Å². The zero-order chi connectivity index (χ0) is 8.97. The fourth-order valence-corrected chi connectivity index (χ4v) is 1.02. The average molecular weight is 170 g/mol. The minimum atomic E-state index is -0.359. The Morgan fingerprint density at radius 3 is 2.83 bits per heavy atom. The summed E-state index contributed by atoms with van der Waals surface area (Å²) in [5, 5.41) is 0. The van der Waals surface area contributed by atoms with Crippen LogP contribution >= 0.6 is 0 Å². The summed E-state index contributed by atoms with van der Waals surface area (Å²) in [6.07, 6.45) is 2.58. The van der Waals surface area contributed by atoms with Gasteiger partial charge < -0.3 is 9.47 Å². The molecular formula is C9H14O3. The molecule has 1 aliphatic heterocycles. The van der Waals surface area contributed by atoms with Crippen LogP contribution in [0.2, 0.25) is 0 Å². The first-order valence-corrected chi connectivity index (χ1v) is 4.18. The summed E-state index contributed by atoms with van der Waals surface area (Å²) in [4.78, 5) is 11.0. The molecule has 0 radical (unpaired) electrons. The van der Waals surface area contributed by atoms with Gasteiger partial charge in [0.2, 0.25) is 6.29 Å². The molecule has 0 aromatic heterocycles. The largest absolute Gasteiger partial charge is 0.432 e. The Bertz CT molecular complexity index is 180.